The zero-order chi connectivity index (χ0) is 11.3. The van der Waals surface area contributed by atoms with Gasteiger partial charge in [0.2, 0.25) is 0 Å². The Labute approximate surface area is 89.7 Å². The van der Waals surface area contributed by atoms with Crippen molar-refractivity contribution in [3.63, 3.8) is 0 Å². The van der Waals surface area contributed by atoms with Crippen LogP contribution in [-0.2, 0) is 4.74 Å². The molecule has 0 saturated heterocycles. The number of nitrogens with one attached hydrogen (secondary N) is 1. The third-order valence-corrected chi connectivity index (χ3v) is 2.29. The van der Waals surface area contributed by atoms with Crippen LogP contribution in [0.15, 0.2) is 12.3 Å². The van der Waals surface area contributed by atoms with E-state index in [1.807, 2.05) is 13.8 Å². The summed E-state index contributed by atoms with van der Waals surface area (Å²) in [5, 5.41) is 2.78. The molecule has 0 aromatic carbocycles. The maximum absolute atomic E-state index is 11.7. The number of carbonyl (C=O) groups is 1. The highest BCUT2D eigenvalue weighted by Crippen LogP contribution is 2.09. The lowest BCUT2D eigenvalue weighted by Crippen LogP contribution is -2.27. The van der Waals surface area contributed by atoms with E-state index in [4.69, 9.17) is 4.74 Å². The zero-order valence-electron chi connectivity index (χ0n) is 9.33. The Morgan fingerprint density at radius 3 is 2.93 bits per heavy atom. The lowest BCUT2D eigenvalue weighted by Gasteiger charge is -2.08. The first-order valence-electron chi connectivity index (χ1n) is 4.86. The van der Waals surface area contributed by atoms with Crippen molar-refractivity contribution in [3.8, 4) is 0 Å². The maximum Gasteiger partial charge on any atom is 0.251 e. The highest BCUT2D eigenvalue weighted by Gasteiger charge is 2.09. The van der Waals surface area contributed by atoms with Gasteiger partial charge in [0, 0.05) is 31.1 Å². The van der Waals surface area contributed by atoms with E-state index in [0.29, 0.717) is 18.7 Å². The minimum Gasteiger partial charge on any atom is -0.383 e. The summed E-state index contributed by atoms with van der Waals surface area (Å²) in [4.78, 5) is 15.8. The van der Waals surface area contributed by atoms with Crippen molar-refractivity contribution < 1.29 is 9.53 Å². The fraction of sp³-hybridized carbons (Fsp3) is 0.455. The summed E-state index contributed by atoms with van der Waals surface area (Å²) >= 11 is 0. The number of rotatable bonds is 4. The summed E-state index contributed by atoms with van der Waals surface area (Å²) in [5.41, 5.74) is 2.49. The SMILES string of the molecule is COCCNC(=O)c1ccnc(C)c1C. The topological polar surface area (TPSA) is 51.2 Å². The summed E-state index contributed by atoms with van der Waals surface area (Å²) in [5.74, 6) is -0.0740. The Hall–Kier alpha value is -1.42. The highest BCUT2D eigenvalue weighted by atomic mass is 16.5. The highest BCUT2D eigenvalue weighted by molar-refractivity contribution is 5.95. The van der Waals surface area contributed by atoms with E-state index in [9.17, 15) is 4.79 Å². The smallest absolute Gasteiger partial charge is 0.251 e. The second kappa shape index (κ2) is 5.46. The van der Waals surface area contributed by atoms with Crippen LogP contribution in [0.4, 0.5) is 0 Å². The van der Waals surface area contributed by atoms with Gasteiger partial charge in [0.25, 0.3) is 5.91 Å². The van der Waals surface area contributed by atoms with Gasteiger partial charge in [-0.15, -0.1) is 0 Å². The molecule has 0 bridgehead atoms. The first-order chi connectivity index (χ1) is 7.16. The molecule has 0 atom stereocenters. The summed E-state index contributed by atoms with van der Waals surface area (Å²) in [6, 6.07) is 1.73. The van der Waals surface area contributed by atoms with Gasteiger partial charge < -0.3 is 10.1 Å². The zero-order valence-corrected chi connectivity index (χ0v) is 9.33. The largest absolute Gasteiger partial charge is 0.383 e. The number of amides is 1. The predicted octanol–water partition coefficient (Wildman–Crippen LogP) is 1.07. The summed E-state index contributed by atoms with van der Waals surface area (Å²) in [7, 11) is 1.61. The van der Waals surface area contributed by atoms with Crippen molar-refractivity contribution in [3.05, 3.63) is 29.1 Å². The number of pyridine rings is 1. The molecular weight excluding hydrogens is 192 g/mol. The molecular formula is C11H16N2O2. The lowest BCUT2D eigenvalue weighted by molar-refractivity contribution is 0.0936. The number of hydrogen-bond acceptors (Lipinski definition) is 3. The summed E-state index contributed by atoms with van der Waals surface area (Å²) < 4.78 is 4.85. The molecule has 1 amide bonds. The Bertz CT molecular complexity index is 350. The fourth-order valence-corrected chi connectivity index (χ4v) is 1.25. The fourth-order valence-electron chi connectivity index (χ4n) is 1.25. The quantitative estimate of drug-likeness (QED) is 0.753. The molecule has 0 aliphatic carbocycles. The third-order valence-electron chi connectivity index (χ3n) is 2.29. The first kappa shape index (κ1) is 11.7. The van der Waals surface area contributed by atoms with Gasteiger partial charge in [-0.05, 0) is 25.5 Å². The molecule has 1 aromatic rings. The third kappa shape index (κ3) is 3.02. The molecule has 0 unspecified atom stereocenters. The van der Waals surface area contributed by atoms with Crippen LogP contribution < -0.4 is 5.32 Å². The van der Waals surface area contributed by atoms with Crippen LogP contribution in [0.25, 0.3) is 0 Å². The van der Waals surface area contributed by atoms with Gasteiger partial charge in [-0.3, -0.25) is 9.78 Å². The van der Waals surface area contributed by atoms with Crippen LogP contribution >= 0.6 is 0 Å². The van der Waals surface area contributed by atoms with E-state index in [0.717, 1.165) is 11.3 Å². The Morgan fingerprint density at radius 2 is 2.27 bits per heavy atom. The minimum absolute atomic E-state index is 0.0740. The molecule has 0 radical (unpaired) electrons. The normalized spacial score (nSPS) is 10.1. The van der Waals surface area contributed by atoms with Crippen molar-refractivity contribution in [1.82, 2.24) is 10.3 Å². The molecule has 1 rings (SSSR count). The number of aryl methyl sites for hydroxylation is 1. The standard InChI is InChI=1S/C11H16N2O2/c1-8-9(2)12-5-4-10(8)11(14)13-6-7-15-3/h4-5H,6-7H2,1-3H3,(H,13,14). The Kier molecular flexibility index (Phi) is 4.24. The predicted molar refractivity (Wildman–Crippen MR) is 57.9 cm³/mol. The molecule has 4 nitrogen and oxygen atoms in total. The molecule has 0 fully saturated rings. The van der Waals surface area contributed by atoms with Crippen LogP contribution in [0.1, 0.15) is 21.6 Å². The number of aromatic nitrogens is 1. The second-order valence-electron chi connectivity index (χ2n) is 3.32. The van der Waals surface area contributed by atoms with Gasteiger partial charge in [0.15, 0.2) is 0 Å². The van der Waals surface area contributed by atoms with Crippen LogP contribution in [0, 0.1) is 13.8 Å². The number of methoxy groups -OCH3 is 1. The van der Waals surface area contributed by atoms with Gasteiger partial charge >= 0.3 is 0 Å². The lowest BCUT2D eigenvalue weighted by atomic mass is 10.1. The van der Waals surface area contributed by atoms with E-state index in [1.54, 1.807) is 19.4 Å². The first-order valence-corrected chi connectivity index (χ1v) is 4.86. The van der Waals surface area contributed by atoms with Gasteiger partial charge in [-0.25, -0.2) is 0 Å². The molecule has 15 heavy (non-hydrogen) atoms. The molecule has 4 heteroatoms. The van der Waals surface area contributed by atoms with Gasteiger partial charge in [-0.2, -0.15) is 0 Å². The van der Waals surface area contributed by atoms with Crippen molar-refractivity contribution in [1.29, 1.82) is 0 Å². The molecule has 0 aliphatic rings. The van der Waals surface area contributed by atoms with Crippen molar-refractivity contribution in [2.24, 2.45) is 0 Å². The van der Waals surface area contributed by atoms with E-state index in [-0.39, 0.29) is 5.91 Å². The average Bonchev–Trinajstić information content (AvgIpc) is 2.22. The molecule has 1 aromatic heterocycles. The van der Waals surface area contributed by atoms with Crippen LogP contribution in [0.3, 0.4) is 0 Å². The van der Waals surface area contributed by atoms with E-state index < -0.39 is 0 Å². The van der Waals surface area contributed by atoms with Crippen LogP contribution in [0.5, 0.6) is 0 Å². The maximum atomic E-state index is 11.7. The van der Waals surface area contributed by atoms with E-state index >= 15 is 0 Å². The van der Waals surface area contributed by atoms with E-state index in [1.165, 1.54) is 0 Å². The number of nitrogens with zero attached hydrogens (tertiary/aromatic N) is 1. The number of hydrogen-bond donors (Lipinski definition) is 1. The monoisotopic (exact) mass is 208 g/mol. The second-order valence-corrected chi connectivity index (χ2v) is 3.32. The Balaban J connectivity index is 2.69. The number of carbonyl (C=O) groups excluding carboxylic acids is 1. The van der Waals surface area contributed by atoms with Crippen LogP contribution in [0.2, 0.25) is 0 Å². The minimum atomic E-state index is -0.0740. The summed E-state index contributed by atoms with van der Waals surface area (Å²) in [6.45, 7) is 4.83. The number of ether oxygens (including phenoxy) is 1. The average molecular weight is 208 g/mol. The van der Waals surface area contributed by atoms with Crippen molar-refractivity contribution in [2.45, 2.75) is 13.8 Å². The molecule has 0 aliphatic heterocycles. The van der Waals surface area contributed by atoms with Gasteiger partial charge in [-0.1, -0.05) is 0 Å². The van der Waals surface area contributed by atoms with Gasteiger partial charge in [0.1, 0.15) is 0 Å². The molecule has 82 valence electrons. The van der Waals surface area contributed by atoms with Crippen LogP contribution in [-0.4, -0.2) is 31.2 Å². The molecule has 1 N–H and O–H groups in total. The summed E-state index contributed by atoms with van der Waals surface area (Å²) in [6.07, 6.45) is 1.65. The molecule has 1 heterocycles. The van der Waals surface area contributed by atoms with Crippen molar-refractivity contribution in [2.75, 3.05) is 20.3 Å². The van der Waals surface area contributed by atoms with Crippen molar-refractivity contribution >= 4 is 5.91 Å². The van der Waals surface area contributed by atoms with E-state index in [2.05, 4.69) is 10.3 Å². The van der Waals surface area contributed by atoms with Gasteiger partial charge in [0.05, 0.1) is 6.61 Å². The Morgan fingerprint density at radius 1 is 1.53 bits per heavy atom. The molecule has 0 spiro atoms. The molecule has 0 saturated carbocycles.